The molecule has 1 amide bonds. The number of fused-ring (bicyclic) bond motifs is 1. The number of nitrogens with one attached hydrogen (secondary N) is 1. The van der Waals surface area contributed by atoms with E-state index in [-0.39, 0.29) is 5.91 Å². The molecule has 1 saturated carbocycles. The fourth-order valence-electron chi connectivity index (χ4n) is 3.53. The van der Waals surface area contributed by atoms with Crippen LogP contribution >= 0.6 is 0 Å². The lowest BCUT2D eigenvalue weighted by molar-refractivity contribution is -0.0716. The standard InChI is InChI=1S/C20H21NO4S/c1-26(23)13-14-5-4-6-15(11-14)19(22)21-16-7-8-17-18(12-16)25-20(24-17)9-2-3-10-20/h4-8,11-12H,2-3,9-10,13H2,1H3,(H,21,22). The highest BCUT2D eigenvalue weighted by atomic mass is 32.2. The van der Waals surface area contributed by atoms with Crippen LogP contribution in [0.5, 0.6) is 11.5 Å². The van der Waals surface area contributed by atoms with Gasteiger partial charge in [-0.25, -0.2) is 0 Å². The zero-order chi connectivity index (χ0) is 18.1. The van der Waals surface area contributed by atoms with E-state index in [9.17, 15) is 9.00 Å². The molecule has 5 nitrogen and oxygen atoms in total. The Kier molecular flexibility index (Phi) is 4.44. The van der Waals surface area contributed by atoms with Gasteiger partial charge in [0.05, 0.1) is 0 Å². The van der Waals surface area contributed by atoms with Gasteiger partial charge in [-0.1, -0.05) is 12.1 Å². The Labute approximate surface area is 155 Å². The second kappa shape index (κ2) is 6.76. The van der Waals surface area contributed by atoms with E-state index >= 15 is 0 Å². The summed E-state index contributed by atoms with van der Waals surface area (Å²) in [6, 6.07) is 12.7. The molecule has 136 valence electrons. The normalized spacial score (nSPS) is 18.0. The van der Waals surface area contributed by atoms with Gasteiger partial charge in [0.2, 0.25) is 0 Å². The van der Waals surface area contributed by atoms with Crippen LogP contribution in [-0.2, 0) is 16.6 Å². The molecule has 0 aromatic heterocycles. The van der Waals surface area contributed by atoms with Gasteiger partial charge in [-0.05, 0) is 42.7 Å². The largest absolute Gasteiger partial charge is 0.448 e. The smallest absolute Gasteiger partial charge is 0.255 e. The van der Waals surface area contributed by atoms with E-state index in [0.29, 0.717) is 22.8 Å². The van der Waals surface area contributed by atoms with Gasteiger partial charge in [-0.2, -0.15) is 0 Å². The third-order valence-corrected chi connectivity index (χ3v) is 5.46. The van der Waals surface area contributed by atoms with Crippen LogP contribution in [0.15, 0.2) is 42.5 Å². The van der Waals surface area contributed by atoms with Crippen LogP contribution in [0.25, 0.3) is 0 Å². The van der Waals surface area contributed by atoms with E-state index in [1.54, 1.807) is 24.5 Å². The van der Waals surface area contributed by atoms with Crippen LogP contribution in [0, 0.1) is 0 Å². The van der Waals surface area contributed by atoms with Crippen LogP contribution < -0.4 is 14.8 Å². The fraction of sp³-hybridized carbons (Fsp3) is 0.350. The van der Waals surface area contributed by atoms with Crippen molar-refractivity contribution in [2.75, 3.05) is 11.6 Å². The quantitative estimate of drug-likeness (QED) is 0.886. The highest BCUT2D eigenvalue weighted by molar-refractivity contribution is 7.83. The van der Waals surface area contributed by atoms with Gasteiger partial charge in [-0.3, -0.25) is 9.00 Å². The van der Waals surface area contributed by atoms with Gasteiger partial charge in [0.25, 0.3) is 11.7 Å². The molecule has 26 heavy (non-hydrogen) atoms. The first-order valence-electron chi connectivity index (χ1n) is 8.75. The number of hydrogen-bond donors (Lipinski definition) is 1. The summed E-state index contributed by atoms with van der Waals surface area (Å²) in [5.74, 6) is 1.14. The van der Waals surface area contributed by atoms with E-state index in [0.717, 1.165) is 37.0 Å². The minimum absolute atomic E-state index is 0.205. The molecule has 1 spiro atoms. The van der Waals surface area contributed by atoms with Crippen molar-refractivity contribution in [2.24, 2.45) is 0 Å². The fourth-order valence-corrected chi connectivity index (χ4v) is 4.18. The Morgan fingerprint density at radius 3 is 2.65 bits per heavy atom. The number of carbonyl (C=O) groups excluding carboxylic acids is 1. The summed E-state index contributed by atoms with van der Waals surface area (Å²) in [5.41, 5.74) is 2.09. The van der Waals surface area contributed by atoms with Gasteiger partial charge < -0.3 is 14.8 Å². The zero-order valence-electron chi connectivity index (χ0n) is 14.6. The van der Waals surface area contributed by atoms with Gasteiger partial charge in [-0.15, -0.1) is 0 Å². The van der Waals surface area contributed by atoms with Crippen molar-refractivity contribution < 1.29 is 18.5 Å². The second-order valence-electron chi connectivity index (χ2n) is 6.86. The number of amides is 1. The highest BCUT2D eigenvalue weighted by Crippen LogP contribution is 2.47. The minimum atomic E-state index is -0.943. The molecule has 1 fully saturated rings. The molecule has 2 aliphatic rings. The first-order valence-corrected chi connectivity index (χ1v) is 10.5. The number of carbonyl (C=O) groups is 1. The summed E-state index contributed by atoms with van der Waals surface area (Å²) >= 11 is 0. The van der Waals surface area contributed by atoms with Crippen molar-refractivity contribution in [3.05, 3.63) is 53.6 Å². The molecule has 6 heteroatoms. The first-order chi connectivity index (χ1) is 12.5. The summed E-state index contributed by atoms with van der Waals surface area (Å²) < 4.78 is 23.4. The molecule has 1 N–H and O–H groups in total. The van der Waals surface area contributed by atoms with Crippen LogP contribution in [0.2, 0.25) is 0 Å². The van der Waals surface area contributed by atoms with Crippen molar-refractivity contribution in [2.45, 2.75) is 37.2 Å². The van der Waals surface area contributed by atoms with Crippen molar-refractivity contribution >= 4 is 22.4 Å². The first kappa shape index (κ1) is 17.1. The van der Waals surface area contributed by atoms with E-state index in [1.807, 2.05) is 24.3 Å². The number of benzene rings is 2. The SMILES string of the molecule is CS(=O)Cc1cccc(C(=O)Nc2ccc3c(c2)OC2(CCCC2)O3)c1. The topological polar surface area (TPSA) is 64.6 Å². The predicted molar refractivity (Wildman–Crippen MR) is 101 cm³/mol. The van der Waals surface area contributed by atoms with Crippen LogP contribution in [-0.4, -0.2) is 22.2 Å². The number of rotatable bonds is 4. The Hall–Kier alpha value is -2.34. The van der Waals surface area contributed by atoms with Crippen molar-refractivity contribution in [1.29, 1.82) is 0 Å². The summed E-state index contributed by atoms with van der Waals surface area (Å²) in [7, 11) is -0.943. The molecule has 2 aromatic carbocycles. The summed E-state index contributed by atoms with van der Waals surface area (Å²) in [4.78, 5) is 12.5. The van der Waals surface area contributed by atoms with Crippen LogP contribution in [0.4, 0.5) is 5.69 Å². The van der Waals surface area contributed by atoms with E-state index < -0.39 is 16.6 Å². The maximum atomic E-state index is 12.5. The predicted octanol–water partition coefficient (Wildman–Crippen LogP) is 3.86. The highest BCUT2D eigenvalue weighted by Gasteiger charge is 2.44. The molecule has 1 aliphatic carbocycles. The molecule has 4 rings (SSSR count). The van der Waals surface area contributed by atoms with E-state index in [4.69, 9.17) is 9.47 Å². The van der Waals surface area contributed by atoms with E-state index in [2.05, 4.69) is 5.32 Å². The molecular formula is C20H21NO4S. The van der Waals surface area contributed by atoms with Crippen LogP contribution in [0.1, 0.15) is 41.6 Å². The Morgan fingerprint density at radius 2 is 1.88 bits per heavy atom. The summed E-state index contributed by atoms with van der Waals surface area (Å²) in [5, 5.41) is 2.90. The average Bonchev–Trinajstić information content (AvgIpc) is 3.20. The lowest BCUT2D eigenvalue weighted by atomic mass is 10.1. The maximum Gasteiger partial charge on any atom is 0.255 e. The molecule has 1 unspecified atom stereocenters. The molecule has 0 bridgehead atoms. The molecule has 1 aliphatic heterocycles. The van der Waals surface area contributed by atoms with Gasteiger partial charge in [0.1, 0.15) is 0 Å². The Morgan fingerprint density at radius 1 is 1.12 bits per heavy atom. The Bertz CT molecular complexity index is 874. The van der Waals surface area contributed by atoms with E-state index in [1.165, 1.54) is 0 Å². The third kappa shape index (κ3) is 3.46. The lowest BCUT2D eigenvalue weighted by Gasteiger charge is -2.21. The molecular weight excluding hydrogens is 350 g/mol. The molecule has 1 heterocycles. The zero-order valence-corrected chi connectivity index (χ0v) is 15.4. The number of anilines is 1. The third-order valence-electron chi connectivity index (χ3n) is 4.72. The van der Waals surface area contributed by atoms with Gasteiger partial charge >= 0.3 is 0 Å². The van der Waals surface area contributed by atoms with Crippen molar-refractivity contribution in [3.63, 3.8) is 0 Å². The maximum absolute atomic E-state index is 12.5. The molecule has 1 atom stereocenters. The number of hydrogen-bond acceptors (Lipinski definition) is 4. The number of ether oxygens (including phenoxy) is 2. The van der Waals surface area contributed by atoms with Gasteiger partial charge in [0.15, 0.2) is 11.5 Å². The molecule has 0 saturated heterocycles. The monoisotopic (exact) mass is 371 g/mol. The average molecular weight is 371 g/mol. The Balaban J connectivity index is 1.48. The van der Waals surface area contributed by atoms with Gasteiger partial charge in [0, 0.05) is 53.0 Å². The molecule has 2 aromatic rings. The summed E-state index contributed by atoms with van der Waals surface area (Å²) in [6.07, 6.45) is 5.66. The molecule has 0 radical (unpaired) electrons. The van der Waals surface area contributed by atoms with Crippen LogP contribution in [0.3, 0.4) is 0 Å². The van der Waals surface area contributed by atoms with Crippen molar-refractivity contribution in [3.8, 4) is 11.5 Å². The summed E-state index contributed by atoms with van der Waals surface area (Å²) in [6.45, 7) is 0. The lowest BCUT2D eigenvalue weighted by Crippen LogP contribution is -2.34. The minimum Gasteiger partial charge on any atom is -0.448 e. The second-order valence-corrected chi connectivity index (χ2v) is 8.29. The van der Waals surface area contributed by atoms with Crippen molar-refractivity contribution in [1.82, 2.24) is 0 Å².